The molecule has 23 heavy (non-hydrogen) atoms. The summed E-state index contributed by atoms with van der Waals surface area (Å²) in [5.74, 6) is 6.72. The van der Waals surface area contributed by atoms with Gasteiger partial charge in [0.25, 0.3) is 0 Å². The first-order chi connectivity index (χ1) is 11.2. The summed E-state index contributed by atoms with van der Waals surface area (Å²) < 4.78 is 0. The Kier molecular flexibility index (Phi) is 4.30. The third kappa shape index (κ3) is 3.19. The van der Waals surface area contributed by atoms with Gasteiger partial charge in [-0.1, -0.05) is 44.0 Å². The molecule has 2 nitrogen and oxygen atoms in total. The van der Waals surface area contributed by atoms with Crippen LogP contribution in [-0.4, -0.2) is 10.1 Å². The van der Waals surface area contributed by atoms with Crippen LogP contribution >= 0.6 is 0 Å². The SMILES string of the molecule is CCc1cc(C#Cc2ccc3ccccc3n2)cc(CC)c1O. The molecule has 0 bridgehead atoms. The largest absolute Gasteiger partial charge is 0.507 e. The number of benzene rings is 2. The molecule has 1 heterocycles. The van der Waals surface area contributed by atoms with E-state index in [0.29, 0.717) is 5.75 Å². The van der Waals surface area contributed by atoms with Crippen molar-refractivity contribution in [3.63, 3.8) is 0 Å². The number of hydrogen-bond acceptors (Lipinski definition) is 2. The summed E-state index contributed by atoms with van der Waals surface area (Å²) in [5.41, 5.74) is 4.52. The number of nitrogens with zero attached hydrogens (tertiary/aromatic N) is 1. The third-order valence-corrected chi connectivity index (χ3v) is 3.96. The summed E-state index contributed by atoms with van der Waals surface area (Å²) in [7, 11) is 0. The van der Waals surface area contributed by atoms with E-state index in [9.17, 15) is 5.11 Å². The predicted octanol–water partition coefficient (Wildman–Crippen LogP) is 4.47. The molecule has 0 fully saturated rings. The third-order valence-electron chi connectivity index (χ3n) is 3.96. The van der Waals surface area contributed by atoms with Gasteiger partial charge in [0.05, 0.1) is 5.52 Å². The highest BCUT2D eigenvalue weighted by Crippen LogP contribution is 2.25. The van der Waals surface area contributed by atoms with E-state index in [2.05, 4.69) is 16.8 Å². The molecule has 2 aromatic carbocycles. The highest BCUT2D eigenvalue weighted by molar-refractivity contribution is 5.78. The topological polar surface area (TPSA) is 33.1 Å². The highest BCUT2D eigenvalue weighted by atomic mass is 16.3. The predicted molar refractivity (Wildman–Crippen MR) is 94.6 cm³/mol. The van der Waals surface area contributed by atoms with Crippen molar-refractivity contribution in [1.82, 2.24) is 4.98 Å². The molecular weight excluding hydrogens is 282 g/mol. The van der Waals surface area contributed by atoms with Crippen LogP contribution in [0.1, 0.15) is 36.2 Å². The zero-order chi connectivity index (χ0) is 16.2. The molecule has 0 atom stereocenters. The number of aryl methyl sites for hydroxylation is 2. The standard InChI is InChI=1S/C21H19NO/c1-3-16-13-15(14-17(4-2)21(16)23)9-11-19-12-10-18-7-5-6-8-20(18)22-19/h5-8,10,12-14,23H,3-4H2,1-2H3. The number of para-hydroxylation sites is 1. The molecule has 0 saturated carbocycles. The quantitative estimate of drug-likeness (QED) is 0.709. The molecule has 0 radical (unpaired) electrons. The van der Waals surface area contributed by atoms with Crippen LogP contribution in [0.2, 0.25) is 0 Å². The molecular formula is C21H19NO. The van der Waals surface area contributed by atoms with Crippen molar-refractivity contribution in [1.29, 1.82) is 0 Å². The van der Waals surface area contributed by atoms with Crippen LogP contribution in [0.3, 0.4) is 0 Å². The van der Waals surface area contributed by atoms with Gasteiger partial charge in [0, 0.05) is 10.9 Å². The van der Waals surface area contributed by atoms with Gasteiger partial charge in [0.15, 0.2) is 0 Å². The normalized spacial score (nSPS) is 10.3. The minimum atomic E-state index is 0.407. The van der Waals surface area contributed by atoms with E-state index in [1.807, 2.05) is 62.4 Å². The van der Waals surface area contributed by atoms with Crippen molar-refractivity contribution in [3.05, 3.63) is 70.9 Å². The van der Waals surface area contributed by atoms with E-state index >= 15 is 0 Å². The smallest absolute Gasteiger partial charge is 0.122 e. The number of rotatable bonds is 2. The van der Waals surface area contributed by atoms with Gasteiger partial charge in [0.2, 0.25) is 0 Å². The summed E-state index contributed by atoms with van der Waals surface area (Å²) in [6.45, 7) is 4.08. The lowest BCUT2D eigenvalue weighted by Crippen LogP contribution is -1.91. The van der Waals surface area contributed by atoms with Crippen molar-refractivity contribution >= 4 is 10.9 Å². The van der Waals surface area contributed by atoms with Crippen molar-refractivity contribution in [3.8, 4) is 17.6 Å². The lowest BCUT2D eigenvalue weighted by molar-refractivity contribution is 0.462. The fourth-order valence-electron chi connectivity index (χ4n) is 2.64. The van der Waals surface area contributed by atoms with Crippen LogP contribution in [0.15, 0.2) is 48.5 Å². The monoisotopic (exact) mass is 301 g/mol. The summed E-state index contributed by atoms with van der Waals surface area (Å²) in [4.78, 5) is 4.57. The summed E-state index contributed by atoms with van der Waals surface area (Å²) in [6.07, 6.45) is 1.59. The molecule has 0 unspecified atom stereocenters. The maximum absolute atomic E-state index is 10.2. The Morgan fingerprint density at radius 3 is 2.30 bits per heavy atom. The Hall–Kier alpha value is -2.79. The number of aromatic nitrogens is 1. The second-order valence-corrected chi connectivity index (χ2v) is 5.49. The van der Waals surface area contributed by atoms with Crippen LogP contribution in [0.4, 0.5) is 0 Å². The molecule has 2 heteroatoms. The van der Waals surface area contributed by atoms with Crippen LogP contribution in [0.5, 0.6) is 5.75 Å². The second-order valence-electron chi connectivity index (χ2n) is 5.49. The average Bonchev–Trinajstić information content (AvgIpc) is 2.60. The van der Waals surface area contributed by atoms with E-state index in [0.717, 1.165) is 46.1 Å². The maximum atomic E-state index is 10.2. The Morgan fingerprint density at radius 1 is 0.913 bits per heavy atom. The molecule has 1 aromatic heterocycles. The number of aromatic hydroxyl groups is 1. The van der Waals surface area contributed by atoms with Crippen LogP contribution in [-0.2, 0) is 12.8 Å². The second kappa shape index (κ2) is 6.54. The average molecular weight is 301 g/mol. The Labute approximate surface area is 136 Å². The number of pyridine rings is 1. The van der Waals surface area contributed by atoms with Crippen molar-refractivity contribution < 1.29 is 5.11 Å². The van der Waals surface area contributed by atoms with Crippen LogP contribution < -0.4 is 0 Å². The maximum Gasteiger partial charge on any atom is 0.122 e. The molecule has 114 valence electrons. The van der Waals surface area contributed by atoms with Crippen molar-refractivity contribution in [2.75, 3.05) is 0 Å². The van der Waals surface area contributed by atoms with Crippen LogP contribution in [0.25, 0.3) is 10.9 Å². The van der Waals surface area contributed by atoms with Gasteiger partial charge in [-0.05, 0) is 54.2 Å². The molecule has 0 aliphatic carbocycles. The van der Waals surface area contributed by atoms with Gasteiger partial charge >= 0.3 is 0 Å². The molecule has 3 aromatic rings. The number of hydrogen-bond donors (Lipinski definition) is 1. The van der Waals surface area contributed by atoms with Gasteiger partial charge in [-0.3, -0.25) is 0 Å². The fourth-order valence-corrected chi connectivity index (χ4v) is 2.64. The summed E-state index contributed by atoms with van der Waals surface area (Å²) in [5, 5.41) is 11.3. The first-order valence-corrected chi connectivity index (χ1v) is 7.93. The minimum absolute atomic E-state index is 0.407. The summed E-state index contributed by atoms with van der Waals surface area (Å²) >= 11 is 0. The Bertz CT molecular complexity index is 891. The fraction of sp³-hybridized carbons (Fsp3) is 0.190. The molecule has 0 amide bonds. The zero-order valence-electron chi connectivity index (χ0n) is 13.4. The first kappa shape index (κ1) is 15.1. The summed E-state index contributed by atoms with van der Waals surface area (Å²) in [6, 6.07) is 15.9. The number of fused-ring (bicyclic) bond motifs is 1. The van der Waals surface area contributed by atoms with E-state index in [1.165, 1.54) is 0 Å². The van der Waals surface area contributed by atoms with Gasteiger partial charge < -0.3 is 5.11 Å². The van der Waals surface area contributed by atoms with Crippen LogP contribution in [0, 0.1) is 11.8 Å². The molecule has 1 N–H and O–H groups in total. The lowest BCUT2D eigenvalue weighted by Gasteiger charge is -2.08. The van der Waals surface area contributed by atoms with Gasteiger partial charge in [0.1, 0.15) is 11.4 Å². The Morgan fingerprint density at radius 2 is 1.61 bits per heavy atom. The van der Waals surface area contributed by atoms with Crippen molar-refractivity contribution in [2.45, 2.75) is 26.7 Å². The molecule has 0 aliphatic rings. The lowest BCUT2D eigenvalue weighted by atomic mass is 10.0. The molecule has 0 spiro atoms. The first-order valence-electron chi connectivity index (χ1n) is 7.93. The molecule has 0 aliphatic heterocycles. The number of phenols is 1. The van der Waals surface area contributed by atoms with Gasteiger partial charge in [-0.2, -0.15) is 0 Å². The van der Waals surface area contributed by atoms with E-state index in [1.54, 1.807) is 0 Å². The van der Waals surface area contributed by atoms with Crippen molar-refractivity contribution in [2.24, 2.45) is 0 Å². The van der Waals surface area contributed by atoms with E-state index in [-0.39, 0.29) is 0 Å². The van der Waals surface area contributed by atoms with Gasteiger partial charge in [-0.25, -0.2) is 4.98 Å². The number of phenolic OH excluding ortho intramolecular Hbond substituents is 1. The highest BCUT2D eigenvalue weighted by Gasteiger charge is 2.06. The minimum Gasteiger partial charge on any atom is -0.507 e. The molecule has 3 rings (SSSR count). The van der Waals surface area contributed by atoms with E-state index in [4.69, 9.17) is 0 Å². The Balaban J connectivity index is 1.99. The molecule has 0 saturated heterocycles. The van der Waals surface area contributed by atoms with Gasteiger partial charge in [-0.15, -0.1) is 0 Å². The zero-order valence-corrected chi connectivity index (χ0v) is 13.4. The van der Waals surface area contributed by atoms with E-state index < -0.39 is 0 Å².